The molecule has 1 aliphatic heterocycles. The van der Waals surface area contributed by atoms with Crippen molar-refractivity contribution in [3.05, 3.63) is 33.9 Å². The lowest BCUT2D eigenvalue weighted by molar-refractivity contribution is -0.385. The molecule has 0 spiro atoms. The number of nitro groups is 1. The summed E-state index contributed by atoms with van der Waals surface area (Å²) in [6, 6.07) is 4.86. The number of benzene rings is 1. The molecule has 0 aromatic heterocycles. The fraction of sp³-hybridized carbons (Fsp3) is 0.538. The third kappa shape index (κ3) is 3.42. The lowest BCUT2D eigenvalue weighted by Crippen LogP contribution is -2.42. The predicted molar refractivity (Wildman–Crippen MR) is 71.3 cm³/mol. The number of anilines is 1. The van der Waals surface area contributed by atoms with E-state index in [4.69, 9.17) is 4.74 Å². The zero-order chi connectivity index (χ0) is 13.9. The van der Waals surface area contributed by atoms with Crippen molar-refractivity contribution in [2.24, 2.45) is 0 Å². The molecule has 2 N–H and O–H groups in total. The Balaban J connectivity index is 2.00. The van der Waals surface area contributed by atoms with Crippen molar-refractivity contribution in [2.45, 2.75) is 25.4 Å². The van der Waals surface area contributed by atoms with E-state index < -0.39 is 10.5 Å². The van der Waals surface area contributed by atoms with Crippen LogP contribution in [-0.4, -0.2) is 35.4 Å². The number of nitrogens with zero attached hydrogens (tertiary/aromatic N) is 1. The van der Waals surface area contributed by atoms with Gasteiger partial charge >= 0.3 is 0 Å². The minimum atomic E-state index is -0.756. The molecule has 2 rings (SSSR count). The second-order valence-corrected chi connectivity index (χ2v) is 4.95. The number of ether oxygens (including phenoxy) is 1. The molecule has 19 heavy (non-hydrogen) atoms. The molecule has 1 aromatic rings. The van der Waals surface area contributed by atoms with Gasteiger partial charge < -0.3 is 15.2 Å². The first kappa shape index (κ1) is 13.8. The Labute approximate surface area is 111 Å². The molecule has 0 atom stereocenters. The van der Waals surface area contributed by atoms with Gasteiger partial charge in [-0.2, -0.15) is 0 Å². The molecule has 0 saturated carbocycles. The topological polar surface area (TPSA) is 84.6 Å². The predicted octanol–water partition coefficient (Wildman–Crippen LogP) is 1.86. The largest absolute Gasteiger partial charge is 0.388 e. The lowest BCUT2D eigenvalue weighted by Gasteiger charge is -2.32. The van der Waals surface area contributed by atoms with Crippen molar-refractivity contribution < 1.29 is 14.8 Å². The van der Waals surface area contributed by atoms with E-state index in [1.807, 2.05) is 0 Å². The van der Waals surface area contributed by atoms with Crippen molar-refractivity contribution in [1.29, 1.82) is 0 Å². The van der Waals surface area contributed by atoms with Crippen molar-refractivity contribution in [1.82, 2.24) is 0 Å². The van der Waals surface area contributed by atoms with Gasteiger partial charge in [0.25, 0.3) is 5.69 Å². The van der Waals surface area contributed by atoms with Crippen LogP contribution in [0.25, 0.3) is 0 Å². The number of aryl methyl sites for hydroxylation is 1. The summed E-state index contributed by atoms with van der Waals surface area (Å²) in [5.74, 6) is 0. The van der Waals surface area contributed by atoms with Gasteiger partial charge in [-0.15, -0.1) is 0 Å². The van der Waals surface area contributed by atoms with Crippen molar-refractivity contribution >= 4 is 11.4 Å². The van der Waals surface area contributed by atoms with Crippen molar-refractivity contribution in [3.63, 3.8) is 0 Å². The Kier molecular flexibility index (Phi) is 4.01. The molecule has 1 saturated heterocycles. The smallest absolute Gasteiger partial charge is 0.272 e. The van der Waals surface area contributed by atoms with Gasteiger partial charge in [0.1, 0.15) is 0 Å². The summed E-state index contributed by atoms with van der Waals surface area (Å²) in [6.45, 7) is 3.26. The van der Waals surface area contributed by atoms with Gasteiger partial charge in [0.05, 0.1) is 10.5 Å². The number of hydrogen-bond donors (Lipinski definition) is 2. The average Bonchev–Trinajstić information content (AvgIpc) is 2.37. The fourth-order valence-corrected chi connectivity index (χ4v) is 2.17. The second kappa shape index (κ2) is 5.54. The SMILES string of the molecule is Cc1cc(NCC2(O)CCOCC2)ccc1[N+](=O)[O-]. The van der Waals surface area contributed by atoms with E-state index in [1.165, 1.54) is 6.07 Å². The van der Waals surface area contributed by atoms with Gasteiger partial charge in [-0.05, 0) is 19.1 Å². The van der Waals surface area contributed by atoms with E-state index >= 15 is 0 Å². The van der Waals surface area contributed by atoms with E-state index in [-0.39, 0.29) is 5.69 Å². The zero-order valence-corrected chi connectivity index (χ0v) is 10.9. The summed E-state index contributed by atoms with van der Waals surface area (Å²) in [4.78, 5) is 10.3. The van der Waals surface area contributed by atoms with Gasteiger partial charge in [-0.3, -0.25) is 10.1 Å². The summed E-state index contributed by atoms with van der Waals surface area (Å²) in [6.07, 6.45) is 1.21. The molecule has 6 nitrogen and oxygen atoms in total. The Morgan fingerprint density at radius 2 is 2.16 bits per heavy atom. The number of nitro benzene ring substituents is 1. The summed E-state index contributed by atoms with van der Waals surface area (Å²) >= 11 is 0. The van der Waals surface area contributed by atoms with Crippen molar-refractivity contribution in [2.75, 3.05) is 25.1 Å². The number of nitrogens with one attached hydrogen (secondary N) is 1. The Hall–Kier alpha value is -1.66. The summed E-state index contributed by atoms with van der Waals surface area (Å²) in [7, 11) is 0. The van der Waals surface area contributed by atoms with Gasteiger partial charge in [0.2, 0.25) is 0 Å². The standard InChI is InChI=1S/C13H18N2O4/c1-10-8-11(2-3-12(10)15(17)18)14-9-13(16)4-6-19-7-5-13/h2-3,8,14,16H,4-7,9H2,1H3. The van der Waals surface area contributed by atoms with Crippen LogP contribution < -0.4 is 5.32 Å². The van der Waals surface area contributed by atoms with Crippen molar-refractivity contribution in [3.8, 4) is 0 Å². The molecule has 0 bridgehead atoms. The maximum atomic E-state index is 10.7. The molecule has 1 aliphatic rings. The first-order chi connectivity index (χ1) is 9.00. The lowest BCUT2D eigenvalue weighted by atomic mass is 9.94. The second-order valence-electron chi connectivity index (χ2n) is 4.95. The van der Waals surface area contributed by atoms with Crippen LogP contribution in [0.4, 0.5) is 11.4 Å². The molecule has 6 heteroatoms. The first-order valence-corrected chi connectivity index (χ1v) is 6.29. The Morgan fingerprint density at radius 1 is 1.47 bits per heavy atom. The maximum absolute atomic E-state index is 10.7. The van der Waals surface area contributed by atoms with Gasteiger partial charge in [0.15, 0.2) is 0 Å². The molecule has 104 valence electrons. The van der Waals surface area contributed by atoms with Crippen LogP contribution in [0.5, 0.6) is 0 Å². The monoisotopic (exact) mass is 266 g/mol. The molecule has 0 amide bonds. The number of hydrogen-bond acceptors (Lipinski definition) is 5. The van der Waals surface area contributed by atoms with Crippen LogP contribution in [-0.2, 0) is 4.74 Å². The van der Waals surface area contributed by atoms with Gasteiger partial charge in [-0.25, -0.2) is 0 Å². The fourth-order valence-electron chi connectivity index (χ4n) is 2.17. The molecule has 0 radical (unpaired) electrons. The minimum absolute atomic E-state index is 0.107. The van der Waals surface area contributed by atoms with Crippen LogP contribution in [0, 0.1) is 17.0 Å². The minimum Gasteiger partial charge on any atom is -0.388 e. The Bertz CT molecular complexity index is 470. The van der Waals surface area contributed by atoms with Crippen LogP contribution in [0.1, 0.15) is 18.4 Å². The summed E-state index contributed by atoms with van der Waals surface area (Å²) in [5.41, 5.74) is 0.737. The molecule has 0 unspecified atom stereocenters. The summed E-state index contributed by atoms with van der Waals surface area (Å²) < 4.78 is 5.22. The zero-order valence-electron chi connectivity index (χ0n) is 10.9. The van der Waals surface area contributed by atoms with Gasteiger partial charge in [0, 0.05) is 49.9 Å². The normalized spacial score (nSPS) is 18.0. The highest BCUT2D eigenvalue weighted by Crippen LogP contribution is 2.24. The molecular weight excluding hydrogens is 248 g/mol. The van der Waals surface area contributed by atoms with Crippen LogP contribution >= 0.6 is 0 Å². The number of aliphatic hydroxyl groups is 1. The van der Waals surface area contributed by atoms with E-state index in [2.05, 4.69) is 5.32 Å². The van der Waals surface area contributed by atoms with E-state index in [0.29, 0.717) is 38.2 Å². The maximum Gasteiger partial charge on any atom is 0.272 e. The molecule has 0 aliphatic carbocycles. The average molecular weight is 266 g/mol. The third-order valence-corrected chi connectivity index (χ3v) is 3.44. The highest BCUT2D eigenvalue weighted by Gasteiger charge is 2.29. The molecular formula is C13H18N2O4. The van der Waals surface area contributed by atoms with Crippen LogP contribution in [0.3, 0.4) is 0 Å². The van der Waals surface area contributed by atoms with Crippen LogP contribution in [0.15, 0.2) is 18.2 Å². The molecule has 1 heterocycles. The number of rotatable bonds is 4. The van der Waals surface area contributed by atoms with E-state index in [1.54, 1.807) is 19.1 Å². The first-order valence-electron chi connectivity index (χ1n) is 6.29. The molecule has 1 aromatic carbocycles. The quantitative estimate of drug-likeness (QED) is 0.641. The summed E-state index contributed by atoms with van der Waals surface area (Å²) in [5, 5.41) is 24.1. The van der Waals surface area contributed by atoms with E-state index in [9.17, 15) is 15.2 Å². The highest BCUT2D eigenvalue weighted by molar-refractivity contribution is 5.53. The van der Waals surface area contributed by atoms with Gasteiger partial charge in [-0.1, -0.05) is 0 Å². The van der Waals surface area contributed by atoms with E-state index in [0.717, 1.165) is 5.69 Å². The Morgan fingerprint density at radius 3 is 2.74 bits per heavy atom. The highest BCUT2D eigenvalue weighted by atomic mass is 16.6. The molecule has 1 fully saturated rings. The third-order valence-electron chi connectivity index (χ3n) is 3.44. The van der Waals surface area contributed by atoms with Crippen LogP contribution in [0.2, 0.25) is 0 Å².